The van der Waals surface area contributed by atoms with Crippen LogP contribution in [0.15, 0.2) is 29.2 Å². The van der Waals surface area contributed by atoms with Crippen molar-refractivity contribution in [3.8, 4) is 0 Å². The third-order valence-electron chi connectivity index (χ3n) is 5.13. The molecule has 0 atom stereocenters. The average molecular weight is 338 g/mol. The van der Waals surface area contributed by atoms with Gasteiger partial charge >= 0.3 is 0 Å². The Morgan fingerprint density at radius 3 is 2.13 bits per heavy atom. The normalized spacial score (nSPS) is 18.4. The molecule has 1 saturated heterocycles. The number of benzene rings is 1. The predicted molar refractivity (Wildman–Crippen MR) is 96.1 cm³/mol. The average Bonchev–Trinajstić information content (AvgIpc) is 2.96. The second-order valence-electron chi connectivity index (χ2n) is 6.93. The van der Waals surface area contributed by atoms with Crippen LogP contribution in [0.25, 0.3) is 0 Å². The summed E-state index contributed by atoms with van der Waals surface area (Å²) in [5.74, 6) is 0. The van der Waals surface area contributed by atoms with Gasteiger partial charge in [0.25, 0.3) is 0 Å². The van der Waals surface area contributed by atoms with Crippen LogP contribution in [0.4, 0.5) is 0 Å². The minimum atomic E-state index is -3.39. The Labute approximate surface area is 142 Å². The number of hydrogen-bond acceptors (Lipinski definition) is 2. The molecule has 0 unspecified atom stereocenters. The molecule has 1 heterocycles. The zero-order valence-electron chi connectivity index (χ0n) is 14.8. The lowest BCUT2D eigenvalue weighted by Crippen LogP contribution is -2.47. The fraction of sp³-hybridized carbons (Fsp3) is 0.684. The highest BCUT2D eigenvalue weighted by Crippen LogP contribution is 2.41. The van der Waals surface area contributed by atoms with Gasteiger partial charge in [-0.25, -0.2) is 8.42 Å². The van der Waals surface area contributed by atoms with Crippen molar-refractivity contribution < 1.29 is 8.42 Å². The van der Waals surface area contributed by atoms with Crippen molar-refractivity contribution in [1.29, 1.82) is 0 Å². The van der Waals surface area contributed by atoms with Crippen molar-refractivity contribution in [3.63, 3.8) is 0 Å². The summed E-state index contributed by atoms with van der Waals surface area (Å²) >= 11 is 0. The van der Waals surface area contributed by atoms with Crippen LogP contribution in [-0.4, -0.2) is 24.8 Å². The largest absolute Gasteiger partial charge is 0.243 e. The molecule has 1 aliphatic rings. The zero-order valence-corrected chi connectivity index (χ0v) is 15.7. The highest BCUT2D eigenvalue weighted by Gasteiger charge is 2.46. The van der Waals surface area contributed by atoms with Crippen molar-refractivity contribution in [1.82, 2.24) is 4.31 Å². The molecule has 0 aliphatic carbocycles. The molecule has 3 nitrogen and oxygen atoms in total. The maximum atomic E-state index is 13.2. The number of sulfonamides is 1. The minimum absolute atomic E-state index is 0.157. The molecule has 0 bridgehead atoms. The fourth-order valence-electron chi connectivity index (χ4n) is 3.76. The molecular formula is C19H31NO2S. The van der Waals surface area contributed by atoms with E-state index >= 15 is 0 Å². The van der Waals surface area contributed by atoms with E-state index in [1.165, 1.54) is 0 Å². The molecule has 1 fully saturated rings. The van der Waals surface area contributed by atoms with Crippen molar-refractivity contribution in [2.75, 3.05) is 6.54 Å². The van der Waals surface area contributed by atoms with E-state index in [0.717, 1.165) is 56.9 Å². The van der Waals surface area contributed by atoms with E-state index in [-0.39, 0.29) is 5.54 Å². The smallest absolute Gasteiger partial charge is 0.207 e. The fourth-order valence-corrected chi connectivity index (χ4v) is 5.65. The van der Waals surface area contributed by atoms with E-state index in [4.69, 9.17) is 0 Å². The lowest BCUT2D eigenvalue weighted by molar-refractivity contribution is 0.197. The lowest BCUT2D eigenvalue weighted by Gasteiger charge is -2.38. The minimum Gasteiger partial charge on any atom is -0.207 e. The SMILES string of the molecule is CCCCC1(CCCC)CCCN1S(=O)(=O)c1ccc(C)cc1. The summed E-state index contributed by atoms with van der Waals surface area (Å²) in [6.07, 6.45) is 8.42. The van der Waals surface area contributed by atoms with Gasteiger partial charge in [-0.3, -0.25) is 0 Å². The topological polar surface area (TPSA) is 37.4 Å². The molecular weight excluding hydrogens is 306 g/mol. The second-order valence-corrected chi connectivity index (χ2v) is 8.79. The van der Waals surface area contributed by atoms with Gasteiger partial charge in [0, 0.05) is 12.1 Å². The standard InChI is InChI=1S/C19H31NO2S/c1-4-6-13-19(14-7-5-2)15-8-16-20(19)23(21,22)18-11-9-17(3)10-12-18/h9-12H,4-8,13-16H2,1-3H3. The summed E-state index contributed by atoms with van der Waals surface area (Å²) in [6, 6.07) is 7.30. The van der Waals surface area contributed by atoms with Gasteiger partial charge in [0.05, 0.1) is 4.90 Å². The van der Waals surface area contributed by atoms with Crippen molar-refractivity contribution in [3.05, 3.63) is 29.8 Å². The molecule has 0 N–H and O–H groups in total. The summed E-state index contributed by atoms with van der Waals surface area (Å²) in [6.45, 7) is 7.02. The maximum absolute atomic E-state index is 13.2. The van der Waals surface area contributed by atoms with E-state index in [1.54, 1.807) is 12.1 Å². The van der Waals surface area contributed by atoms with E-state index in [1.807, 2.05) is 23.4 Å². The van der Waals surface area contributed by atoms with E-state index in [2.05, 4.69) is 13.8 Å². The molecule has 0 amide bonds. The lowest BCUT2D eigenvalue weighted by atomic mass is 9.86. The number of nitrogens with zero attached hydrogens (tertiary/aromatic N) is 1. The van der Waals surface area contributed by atoms with Crippen LogP contribution in [-0.2, 0) is 10.0 Å². The van der Waals surface area contributed by atoms with Crippen LogP contribution >= 0.6 is 0 Å². The van der Waals surface area contributed by atoms with Gasteiger partial charge in [-0.15, -0.1) is 0 Å². The van der Waals surface area contributed by atoms with Gasteiger partial charge in [0.15, 0.2) is 0 Å². The van der Waals surface area contributed by atoms with Crippen LogP contribution in [0.2, 0.25) is 0 Å². The van der Waals surface area contributed by atoms with Gasteiger partial charge in [-0.05, 0) is 44.7 Å². The van der Waals surface area contributed by atoms with Gasteiger partial charge in [-0.2, -0.15) is 4.31 Å². The summed E-state index contributed by atoms with van der Waals surface area (Å²) in [7, 11) is -3.39. The Hall–Kier alpha value is -0.870. The van der Waals surface area contributed by atoms with Gasteiger partial charge < -0.3 is 0 Å². The van der Waals surface area contributed by atoms with Crippen LogP contribution in [0.1, 0.15) is 70.8 Å². The first-order valence-electron chi connectivity index (χ1n) is 9.06. The second kappa shape index (κ2) is 7.80. The Balaban J connectivity index is 2.34. The Kier molecular flexibility index (Phi) is 6.26. The van der Waals surface area contributed by atoms with Crippen LogP contribution in [0.3, 0.4) is 0 Å². The molecule has 1 aliphatic heterocycles. The molecule has 1 aromatic rings. The molecule has 130 valence electrons. The van der Waals surface area contributed by atoms with E-state index in [9.17, 15) is 8.42 Å². The summed E-state index contributed by atoms with van der Waals surface area (Å²) < 4.78 is 28.3. The third-order valence-corrected chi connectivity index (χ3v) is 7.15. The molecule has 0 spiro atoms. The third kappa shape index (κ3) is 3.97. The first-order chi connectivity index (χ1) is 11.0. The van der Waals surface area contributed by atoms with E-state index < -0.39 is 10.0 Å². The molecule has 1 aromatic carbocycles. The Morgan fingerprint density at radius 1 is 1.04 bits per heavy atom. The quantitative estimate of drug-likeness (QED) is 0.676. The molecule has 2 rings (SSSR count). The number of unbranched alkanes of at least 4 members (excludes halogenated alkanes) is 2. The first-order valence-corrected chi connectivity index (χ1v) is 10.5. The Bertz CT molecular complexity index is 584. The van der Waals surface area contributed by atoms with Crippen LogP contribution in [0.5, 0.6) is 0 Å². The first kappa shape index (κ1) is 18.5. The summed E-state index contributed by atoms with van der Waals surface area (Å²) in [5, 5.41) is 0. The molecule has 23 heavy (non-hydrogen) atoms. The van der Waals surface area contributed by atoms with Crippen molar-refractivity contribution in [2.24, 2.45) is 0 Å². The molecule has 0 radical (unpaired) electrons. The zero-order chi connectivity index (χ0) is 16.9. The summed E-state index contributed by atoms with van der Waals surface area (Å²) in [5.41, 5.74) is 0.934. The van der Waals surface area contributed by atoms with Crippen LogP contribution in [0, 0.1) is 6.92 Å². The van der Waals surface area contributed by atoms with Gasteiger partial charge in [0.1, 0.15) is 0 Å². The molecule has 4 heteroatoms. The highest BCUT2D eigenvalue weighted by atomic mass is 32.2. The van der Waals surface area contributed by atoms with Crippen molar-refractivity contribution >= 4 is 10.0 Å². The predicted octanol–water partition coefficient (Wildman–Crippen LogP) is 4.90. The summed E-state index contributed by atoms with van der Waals surface area (Å²) in [4.78, 5) is 0.447. The number of aryl methyl sites for hydroxylation is 1. The highest BCUT2D eigenvalue weighted by molar-refractivity contribution is 7.89. The molecule has 0 saturated carbocycles. The van der Waals surface area contributed by atoms with Gasteiger partial charge in [-0.1, -0.05) is 57.2 Å². The van der Waals surface area contributed by atoms with Crippen molar-refractivity contribution in [2.45, 2.75) is 82.6 Å². The Morgan fingerprint density at radius 2 is 1.61 bits per heavy atom. The monoisotopic (exact) mass is 337 g/mol. The number of hydrogen-bond donors (Lipinski definition) is 0. The number of rotatable bonds is 8. The van der Waals surface area contributed by atoms with Gasteiger partial charge in [0.2, 0.25) is 10.0 Å². The van der Waals surface area contributed by atoms with E-state index in [0.29, 0.717) is 11.4 Å². The molecule has 0 aromatic heterocycles. The maximum Gasteiger partial charge on any atom is 0.243 e. The van der Waals surface area contributed by atoms with Crippen LogP contribution < -0.4 is 0 Å².